The number of piperidine rings is 1. The molecule has 1 aromatic heterocycles. The number of morpholine rings is 1. The Kier molecular flexibility index (Phi) is 6.10. The van der Waals surface area contributed by atoms with Crippen LogP contribution in [0.5, 0.6) is 5.75 Å². The number of carbonyl (C=O) groups is 1. The second kappa shape index (κ2) is 8.92. The van der Waals surface area contributed by atoms with Gasteiger partial charge in [-0.1, -0.05) is 0 Å². The molecule has 1 aromatic carbocycles. The van der Waals surface area contributed by atoms with Crippen molar-refractivity contribution in [3.63, 3.8) is 0 Å². The van der Waals surface area contributed by atoms with Crippen molar-refractivity contribution in [2.45, 2.75) is 38.5 Å². The molecule has 1 atom stereocenters. The highest BCUT2D eigenvalue weighted by Gasteiger charge is 2.33. The molecule has 1 unspecified atom stereocenters. The van der Waals surface area contributed by atoms with Crippen LogP contribution in [0, 0.1) is 12.7 Å². The SMILES string of the molecule is Cc1cnc(CN2CCC(N3CC(COc4ccc(F)cc4)OCC3=O)CC2)[nH]1. The summed E-state index contributed by atoms with van der Waals surface area (Å²) in [5.41, 5.74) is 1.07. The predicted molar refractivity (Wildman–Crippen MR) is 105 cm³/mol. The van der Waals surface area contributed by atoms with Gasteiger partial charge in [-0.15, -0.1) is 0 Å². The van der Waals surface area contributed by atoms with E-state index in [9.17, 15) is 9.18 Å². The van der Waals surface area contributed by atoms with Crippen LogP contribution in [0.2, 0.25) is 0 Å². The summed E-state index contributed by atoms with van der Waals surface area (Å²) in [4.78, 5) is 24.4. The maximum absolute atomic E-state index is 13.0. The molecule has 0 aliphatic carbocycles. The van der Waals surface area contributed by atoms with Gasteiger partial charge >= 0.3 is 0 Å². The van der Waals surface area contributed by atoms with E-state index in [1.807, 2.05) is 18.0 Å². The lowest BCUT2D eigenvalue weighted by atomic mass is 10.0. The summed E-state index contributed by atoms with van der Waals surface area (Å²) in [5.74, 6) is 1.33. The molecular formula is C21H27FN4O3. The minimum absolute atomic E-state index is 0.0446. The van der Waals surface area contributed by atoms with E-state index in [0.29, 0.717) is 18.9 Å². The molecule has 8 heteroatoms. The lowest BCUT2D eigenvalue weighted by Gasteiger charge is -2.42. The minimum Gasteiger partial charge on any atom is -0.491 e. The Morgan fingerprint density at radius 1 is 1.28 bits per heavy atom. The molecule has 156 valence electrons. The highest BCUT2D eigenvalue weighted by atomic mass is 19.1. The number of H-pyrrole nitrogens is 1. The average Bonchev–Trinajstić information content (AvgIpc) is 3.14. The number of halogens is 1. The molecule has 2 aliphatic heterocycles. The number of aromatic amines is 1. The monoisotopic (exact) mass is 402 g/mol. The molecule has 0 saturated carbocycles. The Labute approximate surface area is 169 Å². The Morgan fingerprint density at radius 2 is 2.03 bits per heavy atom. The third kappa shape index (κ3) is 5.13. The van der Waals surface area contributed by atoms with E-state index in [-0.39, 0.29) is 30.5 Å². The van der Waals surface area contributed by atoms with E-state index >= 15 is 0 Å². The summed E-state index contributed by atoms with van der Waals surface area (Å²) in [6.07, 6.45) is 3.55. The molecule has 1 N–H and O–H groups in total. The van der Waals surface area contributed by atoms with Gasteiger partial charge in [0.2, 0.25) is 5.91 Å². The molecule has 7 nitrogen and oxygen atoms in total. The maximum atomic E-state index is 13.0. The summed E-state index contributed by atoms with van der Waals surface area (Å²) < 4.78 is 24.4. The van der Waals surface area contributed by atoms with Crippen LogP contribution in [0.25, 0.3) is 0 Å². The zero-order valence-electron chi connectivity index (χ0n) is 16.6. The van der Waals surface area contributed by atoms with Crippen LogP contribution in [0.15, 0.2) is 30.5 Å². The summed E-state index contributed by atoms with van der Waals surface area (Å²) in [5, 5.41) is 0. The van der Waals surface area contributed by atoms with Gasteiger partial charge in [-0.05, 0) is 44.0 Å². The molecule has 2 aliphatic rings. The van der Waals surface area contributed by atoms with Crippen molar-refractivity contribution in [1.29, 1.82) is 0 Å². The average molecular weight is 402 g/mol. The zero-order chi connectivity index (χ0) is 20.2. The highest BCUT2D eigenvalue weighted by molar-refractivity contribution is 5.78. The number of imidazole rings is 1. The Bertz CT molecular complexity index is 818. The zero-order valence-corrected chi connectivity index (χ0v) is 16.6. The number of carbonyl (C=O) groups excluding carboxylic acids is 1. The van der Waals surface area contributed by atoms with Gasteiger partial charge in [0, 0.05) is 31.0 Å². The first kappa shape index (κ1) is 19.8. The van der Waals surface area contributed by atoms with Crippen molar-refractivity contribution in [2.24, 2.45) is 0 Å². The van der Waals surface area contributed by atoms with Crippen LogP contribution >= 0.6 is 0 Å². The molecule has 3 heterocycles. The van der Waals surface area contributed by atoms with Crippen LogP contribution < -0.4 is 4.74 Å². The highest BCUT2D eigenvalue weighted by Crippen LogP contribution is 2.22. The Morgan fingerprint density at radius 3 is 2.72 bits per heavy atom. The maximum Gasteiger partial charge on any atom is 0.248 e. The van der Waals surface area contributed by atoms with Crippen LogP contribution in [-0.4, -0.2) is 70.7 Å². The molecule has 0 radical (unpaired) electrons. The van der Waals surface area contributed by atoms with Crippen LogP contribution in [-0.2, 0) is 16.1 Å². The number of nitrogens with one attached hydrogen (secondary N) is 1. The summed E-state index contributed by atoms with van der Waals surface area (Å²) in [7, 11) is 0. The van der Waals surface area contributed by atoms with E-state index in [1.165, 1.54) is 12.1 Å². The Hall–Kier alpha value is -2.45. The second-order valence-corrected chi connectivity index (χ2v) is 7.76. The van der Waals surface area contributed by atoms with Gasteiger partial charge < -0.3 is 19.4 Å². The van der Waals surface area contributed by atoms with Gasteiger partial charge in [0.25, 0.3) is 0 Å². The fourth-order valence-corrected chi connectivity index (χ4v) is 3.97. The number of aromatic nitrogens is 2. The van der Waals surface area contributed by atoms with E-state index in [0.717, 1.165) is 44.0 Å². The van der Waals surface area contributed by atoms with Crippen molar-refractivity contribution in [2.75, 3.05) is 32.8 Å². The molecule has 0 bridgehead atoms. The topological polar surface area (TPSA) is 70.7 Å². The summed E-state index contributed by atoms with van der Waals surface area (Å²) >= 11 is 0. The number of aryl methyl sites for hydroxylation is 1. The molecule has 2 fully saturated rings. The van der Waals surface area contributed by atoms with Gasteiger partial charge in [-0.3, -0.25) is 9.69 Å². The molecule has 2 aromatic rings. The van der Waals surface area contributed by atoms with Crippen LogP contribution in [0.1, 0.15) is 24.4 Å². The second-order valence-electron chi connectivity index (χ2n) is 7.76. The molecule has 4 rings (SSSR count). The molecular weight excluding hydrogens is 375 g/mol. The number of likely N-dealkylation sites (tertiary alicyclic amines) is 1. The summed E-state index contributed by atoms with van der Waals surface area (Å²) in [6.45, 7) is 5.64. The number of benzene rings is 1. The number of hydrogen-bond acceptors (Lipinski definition) is 5. The van der Waals surface area contributed by atoms with Crippen molar-refractivity contribution in [3.05, 3.63) is 47.8 Å². The van der Waals surface area contributed by atoms with Gasteiger partial charge in [0.05, 0.1) is 13.1 Å². The first-order valence-corrected chi connectivity index (χ1v) is 10.1. The Balaban J connectivity index is 1.26. The fourth-order valence-electron chi connectivity index (χ4n) is 3.97. The minimum atomic E-state index is -0.295. The van der Waals surface area contributed by atoms with Crippen LogP contribution in [0.4, 0.5) is 4.39 Å². The van der Waals surface area contributed by atoms with Crippen LogP contribution in [0.3, 0.4) is 0 Å². The first-order valence-electron chi connectivity index (χ1n) is 10.1. The van der Waals surface area contributed by atoms with E-state index in [1.54, 1.807) is 12.1 Å². The lowest BCUT2D eigenvalue weighted by Crippen LogP contribution is -2.55. The molecule has 0 spiro atoms. The summed E-state index contributed by atoms with van der Waals surface area (Å²) in [6, 6.07) is 6.15. The number of hydrogen-bond donors (Lipinski definition) is 1. The van der Waals surface area contributed by atoms with Gasteiger partial charge in [-0.2, -0.15) is 0 Å². The first-order chi connectivity index (χ1) is 14.1. The van der Waals surface area contributed by atoms with Gasteiger partial charge in [0.1, 0.15) is 36.7 Å². The lowest BCUT2D eigenvalue weighted by molar-refractivity contribution is -0.155. The fraction of sp³-hybridized carbons (Fsp3) is 0.524. The predicted octanol–water partition coefficient (Wildman–Crippen LogP) is 2.13. The van der Waals surface area contributed by atoms with E-state index < -0.39 is 0 Å². The molecule has 29 heavy (non-hydrogen) atoms. The standard InChI is InChI=1S/C21H27FN4O3/c1-15-10-23-20(24-15)12-25-8-6-17(7-9-25)26-11-19(29-14-21(26)27)13-28-18-4-2-16(22)3-5-18/h2-5,10,17,19H,6-9,11-14H2,1H3,(H,23,24). The van der Waals surface area contributed by atoms with Gasteiger partial charge in [0.15, 0.2) is 0 Å². The van der Waals surface area contributed by atoms with Gasteiger partial charge in [-0.25, -0.2) is 9.37 Å². The van der Waals surface area contributed by atoms with Crippen molar-refractivity contribution in [1.82, 2.24) is 19.8 Å². The number of ether oxygens (including phenoxy) is 2. The number of amides is 1. The molecule has 1 amide bonds. The molecule has 2 saturated heterocycles. The third-order valence-corrected chi connectivity index (χ3v) is 5.54. The van der Waals surface area contributed by atoms with Crippen molar-refractivity contribution in [3.8, 4) is 5.75 Å². The van der Waals surface area contributed by atoms with Crippen molar-refractivity contribution < 1.29 is 18.7 Å². The van der Waals surface area contributed by atoms with E-state index in [4.69, 9.17) is 9.47 Å². The smallest absolute Gasteiger partial charge is 0.248 e. The third-order valence-electron chi connectivity index (χ3n) is 5.54. The quantitative estimate of drug-likeness (QED) is 0.802. The largest absolute Gasteiger partial charge is 0.491 e. The normalized spacial score (nSPS) is 21.5. The van der Waals surface area contributed by atoms with Crippen molar-refractivity contribution >= 4 is 5.91 Å². The number of nitrogens with zero attached hydrogens (tertiary/aromatic N) is 3. The van der Waals surface area contributed by atoms with E-state index in [2.05, 4.69) is 14.9 Å². The number of rotatable bonds is 6.